The minimum absolute atomic E-state index is 0.664. The van der Waals surface area contributed by atoms with E-state index < -0.39 is 6.03 Å². The number of hydrogen-bond donors (Lipinski definition) is 2. The van der Waals surface area contributed by atoms with Crippen molar-refractivity contribution >= 4 is 23.3 Å². The third-order valence-electron chi connectivity index (χ3n) is 1.81. The summed E-state index contributed by atoms with van der Waals surface area (Å²) in [6.45, 7) is 1.94. The highest BCUT2D eigenvalue weighted by Gasteiger charge is 2.01. The SMILES string of the molecule is CC/C(=N\NC(N)=O)c1ccc(Cl)cc1. The lowest BCUT2D eigenvalue weighted by molar-refractivity contribution is 0.249. The normalized spacial score (nSPS) is 11.2. The summed E-state index contributed by atoms with van der Waals surface area (Å²) >= 11 is 5.76. The lowest BCUT2D eigenvalue weighted by Gasteiger charge is -2.03. The number of nitrogens with two attached hydrogens (primary N) is 1. The second-order valence-corrected chi connectivity index (χ2v) is 3.33. The van der Waals surface area contributed by atoms with Gasteiger partial charge in [-0.3, -0.25) is 0 Å². The van der Waals surface area contributed by atoms with Crippen LogP contribution in [0.4, 0.5) is 4.79 Å². The van der Waals surface area contributed by atoms with Crippen LogP contribution >= 0.6 is 11.6 Å². The molecule has 15 heavy (non-hydrogen) atoms. The summed E-state index contributed by atoms with van der Waals surface area (Å²) in [4.78, 5) is 10.5. The molecule has 0 saturated carbocycles. The topological polar surface area (TPSA) is 67.5 Å². The van der Waals surface area contributed by atoms with E-state index in [2.05, 4.69) is 10.5 Å². The van der Waals surface area contributed by atoms with Gasteiger partial charge in [-0.15, -0.1) is 0 Å². The van der Waals surface area contributed by atoms with E-state index >= 15 is 0 Å². The molecule has 0 bridgehead atoms. The Morgan fingerprint density at radius 2 is 2.07 bits per heavy atom. The zero-order valence-corrected chi connectivity index (χ0v) is 9.08. The third kappa shape index (κ3) is 3.59. The van der Waals surface area contributed by atoms with Crippen molar-refractivity contribution in [2.24, 2.45) is 10.8 Å². The first-order valence-electron chi connectivity index (χ1n) is 4.51. The van der Waals surface area contributed by atoms with Crippen molar-refractivity contribution in [1.29, 1.82) is 0 Å². The highest BCUT2D eigenvalue weighted by molar-refractivity contribution is 6.30. The fourth-order valence-corrected chi connectivity index (χ4v) is 1.24. The number of nitrogens with zero attached hydrogens (tertiary/aromatic N) is 1. The molecule has 0 aliphatic rings. The molecule has 0 saturated heterocycles. The maximum Gasteiger partial charge on any atom is 0.332 e. The summed E-state index contributed by atoms with van der Waals surface area (Å²) in [6, 6.07) is 6.55. The van der Waals surface area contributed by atoms with Crippen molar-refractivity contribution in [2.75, 3.05) is 0 Å². The Morgan fingerprint density at radius 1 is 1.47 bits per heavy atom. The fourth-order valence-electron chi connectivity index (χ4n) is 1.11. The molecule has 0 heterocycles. The largest absolute Gasteiger partial charge is 0.350 e. The van der Waals surface area contributed by atoms with Gasteiger partial charge in [0, 0.05) is 5.02 Å². The molecule has 0 atom stereocenters. The molecule has 0 unspecified atom stereocenters. The van der Waals surface area contributed by atoms with Crippen LogP contribution in [-0.4, -0.2) is 11.7 Å². The van der Waals surface area contributed by atoms with E-state index in [9.17, 15) is 4.79 Å². The third-order valence-corrected chi connectivity index (χ3v) is 2.07. The van der Waals surface area contributed by atoms with E-state index in [0.29, 0.717) is 11.4 Å². The quantitative estimate of drug-likeness (QED) is 0.601. The van der Waals surface area contributed by atoms with Crippen molar-refractivity contribution in [2.45, 2.75) is 13.3 Å². The standard InChI is InChI=1S/C10H12ClN3O/c1-2-9(13-14-10(12)15)7-3-5-8(11)6-4-7/h3-6H,2H2,1H3,(H3,12,14,15)/b13-9+. The summed E-state index contributed by atoms with van der Waals surface area (Å²) < 4.78 is 0. The molecule has 0 radical (unpaired) electrons. The predicted molar refractivity (Wildman–Crippen MR) is 61.0 cm³/mol. The van der Waals surface area contributed by atoms with E-state index in [1.165, 1.54) is 0 Å². The predicted octanol–water partition coefficient (Wildman–Crippen LogP) is 2.12. The molecule has 1 aromatic carbocycles. The van der Waals surface area contributed by atoms with E-state index in [4.69, 9.17) is 17.3 Å². The van der Waals surface area contributed by atoms with E-state index in [0.717, 1.165) is 11.3 Å². The molecular formula is C10H12ClN3O. The van der Waals surface area contributed by atoms with E-state index in [-0.39, 0.29) is 0 Å². The van der Waals surface area contributed by atoms with Crippen molar-refractivity contribution in [3.8, 4) is 0 Å². The number of primary amides is 1. The number of nitrogens with one attached hydrogen (secondary N) is 1. The zero-order valence-electron chi connectivity index (χ0n) is 8.33. The van der Waals surface area contributed by atoms with Crippen LogP contribution in [0.1, 0.15) is 18.9 Å². The molecule has 4 nitrogen and oxygen atoms in total. The van der Waals surface area contributed by atoms with Gasteiger partial charge in [0.1, 0.15) is 0 Å². The average molecular weight is 226 g/mol. The van der Waals surface area contributed by atoms with Gasteiger partial charge in [-0.2, -0.15) is 5.10 Å². The molecule has 0 fully saturated rings. The molecule has 0 spiro atoms. The first-order chi connectivity index (χ1) is 7.13. The minimum atomic E-state index is -0.671. The van der Waals surface area contributed by atoms with Crippen molar-refractivity contribution in [3.05, 3.63) is 34.9 Å². The minimum Gasteiger partial charge on any atom is -0.350 e. The lowest BCUT2D eigenvalue weighted by Crippen LogP contribution is -2.25. The summed E-state index contributed by atoms with van der Waals surface area (Å²) in [5.74, 6) is 0. The second-order valence-electron chi connectivity index (χ2n) is 2.89. The van der Waals surface area contributed by atoms with Crippen LogP contribution in [-0.2, 0) is 0 Å². The zero-order chi connectivity index (χ0) is 11.3. The first kappa shape index (κ1) is 11.5. The van der Waals surface area contributed by atoms with Gasteiger partial charge < -0.3 is 5.73 Å². The van der Waals surface area contributed by atoms with Crippen LogP contribution in [0.3, 0.4) is 0 Å². The number of benzene rings is 1. The molecule has 3 N–H and O–H groups in total. The summed E-state index contributed by atoms with van der Waals surface area (Å²) in [5.41, 5.74) is 8.79. The Labute approximate surface area is 93.1 Å². The highest BCUT2D eigenvalue weighted by Crippen LogP contribution is 2.11. The van der Waals surface area contributed by atoms with E-state index in [1.807, 2.05) is 19.1 Å². The number of amides is 2. The number of rotatable bonds is 3. The van der Waals surface area contributed by atoms with Gasteiger partial charge in [0.2, 0.25) is 0 Å². The van der Waals surface area contributed by atoms with Crippen LogP contribution in [0.5, 0.6) is 0 Å². The fraction of sp³-hybridized carbons (Fsp3) is 0.200. The van der Waals surface area contributed by atoms with Gasteiger partial charge in [-0.05, 0) is 24.1 Å². The monoisotopic (exact) mass is 225 g/mol. The summed E-state index contributed by atoms with van der Waals surface area (Å²) in [5, 5.41) is 4.55. The number of carbonyl (C=O) groups excluding carboxylic acids is 1. The number of hydrogen-bond acceptors (Lipinski definition) is 2. The van der Waals surface area contributed by atoms with Crippen LogP contribution in [0.15, 0.2) is 29.4 Å². The maximum atomic E-state index is 10.5. The second kappa shape index (κ2) is 5.36. The van der Waals surface area contributed by atoms with Gasteiger partial charge >= 0.3 is 6.03 Å². The van der Waals surface area contributed by atoms with Gasteiger partial charge in [-0.25, -0.2) is 10.2 Å². The maximum absolute atomic E-state index is 10.5. The Morgan fingerprint density at radius 3 is 2.53 bits per heavy atom. The molecule has 2 amide bonds. The molecule has 1 rings (SSSR count). The molecule has 0 aliphatic heterocycles. The Bertz CT molecular complexity index is 373. The Kier molecular flexibility index (Phi) is 4.12. The van der Waals surface area contributed by atoms with Crippen LogP contribution in [0.2, 0.25) is 5.02 Å². The van der Waals surface area contributed by atoms with Crippen LogP contribution in [0.25, 0.3) is 0 Å². The molecule has 80 valence electrons. The number of urea groups is 1. The van der Waals surface area contributed by atoms with Gasteiger partial charge in [0.15, 0.2) is 0 Å². The van der Waals surface area contributed by atoms with Crippen molar-refractivity contribution in [3.63, 3.8) is 0 Å². The molecular weight excluding hydrogens is 214 g/mol. The van der Waals surface area contributed by atoms with E-state index in [1.54, 1.807) is 12.1 Å². The Balaban J connectivity index is 2.87. The highest BCUT2D eigenvalue weighted by atomic mass is 35.5. The van der Waals surface area contributed by atoms with Gasteiger partial charge in [0.05, 0.1) is 5.71 Å². The molecule has 5 heteroatoms. The van der Waals surface area contributed by atoms with Crippen LogP contribution in [0, 0.1) is 0 Å². The molecule has 0 aliphatic carbocycles. The van der Waals surface area contributed by atoms with Crippen molar-refractivity contribution in [1.82, 2.24) is 5.43 Å². The molecule has 0 aromatic heterocycles. The van der Waals surface area contributed by atoms with Gasteiger partial charge in [0.25, 0.3) is 0 Å². The number of halogens is 1. The average Bonchev–Trinajstić information content (AvgIpc) is 2.21. The Hall–Kier alpha value is -1.55. The number of hydrazone groups is 1. The van der Waals surface area contributed by atoms with Gasteiger partial charge in [-0.1, -0.05) is 30.7 Å². The first-order valence-corrected chi connectivity index (χ1v) is 4.89. The van der Waals surface area contributed by atoms with Crippen molar-refractivity contribution < 1.29 is 4.79 Å². The number of carbonyl (C=O) groups is 1. The summed E-state index contributed by atoms with van der Waals surface area (Å²) in [7, 11) is 0. The smallest absolute Gasteiger partial charge is 0.332 e. The summed E-state index contributed by atoms with van der Waals surface area (Å²) in [6.07, 6.45) is 0.696. The lowest BCUT2D eigenvalue weighted by atomic mass is 10.1. The van der Waals surface area contributed by atoms with Crippen LogP contribution < -0.4 is 11.2 Å². The molecule has 1 aromatic rings.